The molecule has 1 aliphatic rings. The van der Waals surface area contributed by atoms with Crippen molar-refractivity contribution in [3.05, 3.63) is 15.6 Å². The molecule has 20 heavy (non-hydrogen) atoms. The smallest absolute Gasteiger partial charge is 0.347 e. The Morgan fingerprint density at radius 1 is 1.40 bits per heavy atom. The van der Waals surface area contributed by atoms with E-state index in [4.69, 9.17) is 5.11 Å². The molecule has 2 rings (SSSR count). The number of amides is 1. The second-order valence-corrected chi connectivity index (χ2v) is 5.99. The van der Waals surface area contributed by atoms with Crippen molar-refractivity contribution >= 4 is 23.2 Å². The van der Waals surface area contributed by atoms with Crippen LogP contribution in [0.5, 0.6) is 0 Å². The molecule has 0 spiro atoms. The van der Waals surface area contributed by atoms with Crippen molar-refractivity contribution in [1.82, 2.24) is 15.2 Å². The van der Waals surface area contributed by atoms with Crippen LogP contribution in [-0.4, -0.2) is 46.5 Å². The SMILES string of the molecule is Cc1nc(CNC(=O)CCN2CCCC2)sc1C(=O)O. The van der Waals surface area contributed by atoms with Gasteiger partial charge in [0.1, 0.15) is 9.88 Å². The van der Waals surface area contributed by atoms with Crippen LogP contribution >= 0.6 is 11.3 Å². The first kappa shape index (κ1) is 14.9. The number of likely N-dealkylation sites (tertiary alicyclic amines) is 1. The van der Waals surface area contributed by atoms with Crippen LogP contribution in [0.2, 0.25) is 0 Å². The highest BCUT2D eigenvalue weighted by molar-refractivity contribution is 7.13. The van der Waals surface area contributed by atoms with E-state index in [0.717, 1.165) is 31.0 Å². The number of carbonyl (C=O) groups excluding carboxylic acids is 1. The number of thiazole rings is 1. The van der Waals surface area contributed by atoms with Gasteiger partial charge >= 0.3 is 5.97 Å². The normalized spacial score (nSPS) is 15.4. The summed E-state index contributed by atoms with van der Waals surface area (Å²) in [5.74, 6) is -0.978. The molecule has 0 bridgehead atoms. The number of hydrogen-bond donors (Lipinski definition) is 2. The molecule has 0 atom stereocenters. The summed E-state index contributed by atoms with van der Waals surface area (Å²) in [6, 6.07) is 0. The second-order valence-electron chi connectivity index (χ2n) is 4.90. The Morgan fingerprint density at radius 2 is 2.10 bits per heavy atom. The molecule has 1 aromatic rings. The molecule has 0 aromatic carbocycles. The molecule has 1 fully saturated rings. The molecule has 0 aliphatic carbocycles. The summed E-state index contributed by atoms with van der Waals surface area (Å²) >= 11 is 1.12. The Bertz CT molecular complexity index is 495. The number of carboxylic acids is 1. The molecule has 1 aliphatic heterocycles. The van der Waals surface area contributed by atoms with Crippen molar-refractivity contribution in [3.63, 3.8) is 0 Å². The average molecular weight is 297 g/mol. The Morgan fingerprint density at radius 3 is 2.70 bits per heavy atom. The zero-order chi connectivity index (χ0) is 14.5. The molecule has 0 saturated carbocycles. The summed E-state index contributed by atoms with van der Waals surface area (Å²) in [4.78, 5) is 29.3. The summed E-state index contributed by atoms with van der Waals surface area (Å²) in [7, 11) is 0. The fourth-order valence-electron chi connectivity index (χ4n) is 2.25. The predicted molar refractivity (Wildman–Crippen MR) is 75.9 cm³/mol. The maximum Gasteiger partial charge on any atom is 0.347 e. The lowest BCUT2D eigenvalue weighted by atomic mass is 10.3. The highest BCUT2D eigenvalue weighted by Gasteiger charge is 2.15. The molecule has 1 amide bonds. The molecule has 110 valence electrons. The van der Waals surface area contributed by atoms with Gasteiger partial charge in [0.05, 0.1) is 12.2 Å². The zero-order valence-electron chi connectivity index (χ0n) is 11.5. The Labute approximate surface area is 121 Å². The van der Waals surface area contributed by atoms with Gasteiger partial charge in [0.15, 0.2) is 0 Å². The van der Waals surface area contributed by atoms with Crippen molar-refractivity contribution in [1.29, 1.82) is 0 Å². The van der Waals surface area contributed by atoms with Gasteiger partial charge in [-0.2, -0.15) is 0 Å². The molecule has 7 heteroatoms. The molecule has 6 nitrogen and oxygen atoms in total. The highest BCUT2D eigenvalue weighted by Crippen LogP contribution is 2.17. The van der Waals surface area contributed by atoms with E-state index in [9.17, 15) is 9.59 Å². The zero-order valence-corrected chi connectivity index (χ0v) is 12.3. The van der Waals surface area contributed by atoms with Crippen molar-refractivity contribution < 1.29 is 14.7 Å². The van der Waals surface area contributed by atoms with Crippen LogP contribution in [0.3, 0.4) is 0 Å². The highest BCUT2D eigenvalue weighted by atomic mass is 32.1. The van der Waals surface area contributed by atoms with Crippen LogP contribution in [0.1, 0.15) is 39.6 Å². The minimum absolute atomic E-state index is 0.0124. The fraction of sp³-hybridized carbons (Fsp3) is 0.615. The van der Waals surface area contributed by atoms with Crippen molar-refractivity contribution in [2.24, 2.45) is 0 Å². The summed E-state index contributed by atoms with van der Waals surface area (Å²) < 4.78 is 0. The number of aromatic nitrogens is 1. The van der Waals surface area contributed by atoms with E-state index in [0.29, 0.717) is 23.7 Å². The van der Waals surface area contributed by atoms with Gasteiger partial charge < -0.3 is 15.3 Å². The van der Waals surface area contributed by atoms with Crippen LogP contribution in [0.4, 0.5) is 0 Å². The topological polar surface area (TPSA) is 82.5 Å². The van der Waals surface area contributed by atoms with Crippen LogP contribution in [0, 0.1) is 6.92 Å². The van der Waals surface area contributed by atoms with Crippen LogP contribution in [-0.2, 0) is 11.3 Å². The van der Waals surface area contributed by atoms with E-state index in [2.05, 4.69) is 15.2 Å². The first-order valence-corrected chi connectivity index (χ1v) is 7.56. The second kappa shape index (κ2) is 6.81. The predicted octanol–water partition coefficient (Wildman–Crippen LogP) is 1.25. The van der Waals surface area contributed by atoms with Gasteiger partial charge in [-0.05, 0) is 32.9 Å². The van der Waals surface area contributed by atoms with Gasteiger partial charge in [-0.1, -0.05) is 0 Å². The van der Waals surface area contributed by atoms with E-state index < -0.39 is 5.97 Å². The molecular formula is C13H19N3O3S. The minimum atomic E-state index is -0.966. The summed E-state index contributed by atoms with van der Waals surface area (Å²) in [6.07, 6.45) is 2.92. The van der Waals surface area contributed by atoms with E-state index >= 15 is 0 Å². The molecule has 1 aromatic heterocycles. The molecule has 1 saturated heterocycles. The first-order chi connectivity index (χ1) is 9.56. The Balaban J connectivity index is 1.75. The van der Waals surface area contributed by atoms with Gasteiger partial charge in [-0.25, -0.2) is 9.78 Å². The number of nitrogens with zero attached hydrogens (tertiary/aromatic N) is 2. The Kier molecular flexibility index (Phi) is 5.08. The van der Waals surface area contributed by atoms with E-state index in [1.165, 1.54) is 12.8 Å². The molecule has 0 radical (unpaired) electrons. The minimum Gasteiger partial charge on any atom is -0.477 e. The maximum absolute atomic E-state index is 11.7. The molecule has 2 N–H and O–H groups in total. The number of aromatic carboxylic acids is 1. The van der Waals surface area contributed by atoms with Gasteiger partial charge in [0.2, 0.25) is 5.91 Å². The number of hydrogen-bond acceptors (Lipinski definition) is 5. The summed E-state index contributed by atoms with van der Waals surface area (Å²) in [6.45, 7) is 4.93. The number of carboxylic acid groups (broad SMARTS) is 1. The van der Waals surface area contributed by atoms with Gasteiger partial charge in [0.25, 0.3) is 0 Å². The van der Waals surface area contributed by atoms with Crippen molar-refractivity contribution in [2.75, 3.05) is 19.6 Å². The van der Waals surface area contributed by atoms with Crippen LogP contribution < -0.4 is 5.32 Å². The number of carbonyl (C=O) groups is 2. The van der Waals surface area contributed by atoms with Gasteiger partial charge in [0, 0.05) is 13.0 Å². The number of aryl methyl sites for hydroxylation is 1. The third-order valence-electron chi connectivity index (χ3n) is 3.33. The number of rotatable bonds is 6. The Hall–Kier alpha value is -1.47. The summed E-state index contributed by atoms with van der Waals surface area (Å²) in [5, 5.41) is 12.4. The van der Waals surface area contributed by atoms with Crippen molar-refractivity contribution in [2.45, 2.75) is 32.7 Å². The largest absolute Gasteiger partial charge is 0.477 e. The fourth-order valence-corrected chi connectivity index (χ4v) is 3.10. The standard InChI is InChI=1S/C13H19N3O3S/c1-9-12(13(18)19)20-11(15-9)8-14-10(17)4-7-16-5-2-3-6-16/h2-8H2,1H3,(H,14,17)(H,18,19). The van der Waals surface area contributed by atoms with Crippen LogP contribution in [0.15, 0.2) is 0 Å². The van der Waals surface area contributed by atoms with E-state index in [-0.39, 0.29) is 10.8 Å². The third-order valence-corrected chi connectivity index (χ3v) is 4.47. The summed E-state index contributed by atoms with van der Waals surface area (Å²) in [5.41, 5.74) is 0.504. The van der Waals surface area contributed by atoms with E-state index in [1.807, 2.05) is 0 Å². The van der Waals surface area contributed by atoms with Gasteiger partial charge in [-0.15, -0.1) is 11.3 Å². The maximum atomic E-state index is 11.7. The lowest BCUT2D eigenvalue weighted by Gasteiger charge is -2.13. The first-order valence-electron chi connectivity index (χ1n) is 6.75. The number of nitrogens with one attached hydrogen (secondary N) is 1. The van der Waals surface area contributed by atoms with Crippen LogP contribution in [0.25, 0.3) is 0 Å². The molecule has 2 heterocycles. The third kappa shape index (κ3) is 4.01. The van der Waals surface area contributed by atoms with Gasteiger partial charge in [-0.3, -0.25) is 4.79 Å². The molecule has 0 unspecified atom stereocenters. The van der Waals surface area contributed by atoms with E-state index in [1.54, 1.807) is 6.92 Å². The monoisotopic (exact) mass is 297 g/mol. The lowest BCUT2D eigenvalue weighted by Crippen LogP contribution is -2.29. The average Bonchev–Trinajstić information content (AvgIpc) is 3.03. The van der Waals surface area contributed by atoms with Crippen molar-refractivity contribution in [3.8, 4) is 0 Å². The lowest BCUT2D eigenvalue weighted by molar-refractivity contribution is -0.121. The molecular weight excluding hydrogens is 278 g/mol. The quantitative estimate of drug-likeness (QED) is 0.826.